The minimum atomic E-state index is -0.347. The molecule has 0 bridgehead atoms. The normalized spacial score (nSPS) is 10.9. The van der Waals surface area contributed by atoms with Crippen LogP contribution >= 0.6 is 15.9 Å². The molecule has 0 saturated carbocycles. The molecule has 1 amide bonds. The van der Waals surface area contributed by atoms with Crippen molar-refractivity contribution in [3.8, 4) is 0 Å². The van der Waals surface area contributed by atoms with Crippen LogP contribution in [0.4, 0.5) is 4.39 Å². The van der Waals surface area contributed by atoms with E-state index in [0.717, 1.165) is 10.2 Å². The SMILES string of the molecule is C=CCN(Cc1cc(Br)ccc1F)C(=O)/C=C/c1ccc(C)o1. The molecule has 0 spiro atoms. The molecule has 0 N–H and O–H groups in total. The lowest BCUT2D eigenvalue weighted by atomic mass is 10.2. The lowest BCUT2D eigenvalue weighted by Gasteiger charge is -2.20. The zero-order valence-electron chi connectivity index (χ0n) is 12.8. The Bertz CT molecular complexity index is 736. The minimum Gasteiger partial charge on any atom is -0.462 e. The summed E-state index contributed by atoms with van der Waals surface area (Å²) < 4.78 is 20.0. The second-order valence-electron chi connectivity index (χ2n) is 5.02. The van der Waals surface area contributed by atoms with Crippen LogP contribution in [0.5, 0.6) is 0 Å². The third kappa shape index (κ3) is 4.93. The highest BCUT2D eigenvalue weighted by atomic mass is 79.9. The van der Waals surface area contributed by atoms with Gasteiger partial charge in [-0.3, -0.25) is 4.79 Å². The number of amides is 1. The van der Waals surface area contributed by atoms with E-state index in [1.165, 1.54) is 17.0 Å². The van der Waals surface area contributed by atoms with Gasteiger partial charge in [0.15, 0.2) is 0 Å². The van der Waals surface area contributed by atoms with E-state index < -0.39 is 0 Å². The zero-order chi connectivity index (χ0) is 16.8. The minimum absolute atomic E-state index is 0.164. The second kappa shape index (κ2) is 7.92. The maximum Gasteiger partial charge on any atom is 0.247 e. The van der Waals surface area contributed by atoms with Gasteiger partial charge in [-0.15, -0.1) is 6.58 Å². The lowest BCUT2D eigenvalue weighted by molar-refractivity contribution is -0.126. The van der Waals surface area contributed by atoms with Gasteiger partial charge in [-0.1, -0.05) is 22.0 Å². The first kappa shape index (κ1) is 17.2. The van der Waals surface area contributed by atoms with Gasteiger partial charge in [-0.2, -0.15) is 0 Å². The van der Waals surface area contributed by atoms with E-state index in [-0.39, 0.29) is 18.3 Å². The summed E-state index contributed by atoms with van der Waals surface area (Å²) in [6.07, 6.45) is 4.62. The van der Waals surface area contributed by atoms with Gasteiger partial charge in [-0.05, 0) is 43.3 Å². The summed E-state index contributed by atoms with van der Waals surface area (Å²) in [5.74, 6) is 0.790. The average Bonchev–Trinajstić information content (AvgIpc) is 2.93. The summed E-state index contributed by atoms with van der Waals surface area (Å²) in [6, 6.07) is 8.26. The third-order valence-corrected chi connectivity index (χ3v) is 3.67. The summed E-state index contributed by atoms with van der Waals surface area (Å²) in [5, 5.41) is 0. The molecular weight excluding hydrogens is 361 g/mol. The monoisotopic (exact) mass is 377 g/mol. The molecule has 0 aliphatic carbocycles. The summed E-state index contributed by atoms with van der Waals surface area (Å²) >= 11 is 3.31. The van der Waals surface area contributed by atoms with Crippen LogP contribution < -0.4 is 0 Å². The van der Waals surface area contributed by atoms with Crippen LogP contribution in [0, 0.1) is 12.7 Å². The number of rotatable bonds is 6. The number of hydrogen-bond acceptors (Lipinski definition) is 2. The van der Waals surface area contributed by atoms with E-state index >= 15 is 0 Å². The van der Waals surface area contributed by atoms with Crippen LogP contribution in [-0.2, 0) is 11.3 Å². The Morgan fingerprint density at radius 2 is 2.17 bits per heavy atom. The van der Waals surface area contributed by atoms with E-state index in [2.05, 4.69) is 22.5 Å². The molecule has 0 aliphatic rings. The van der Waals surface area contributed by atoms with Crippen LogP contribution in [0.15, 0.2) is 58.0 Å². The van der Waals surface area contributed by atoms with Gasteiger partial charge in [0.25, 0.3) is 0 Å². The third-order valence-electron chi connectivity index (χ3n) is 3.18. The molecule has 5 heteroatoms. The van der Waals surface area contributed by atoms with Gasteiger partial charge < -0.3 is 9.32 Å². The number of benzene rings is 1. The van der Waals surface area contributed by atoms with Gasteiger partial charge in [0.2, 0.25) is 5.91 Å². The molecule has 3 nitrogen and oxygen atoms in total. The molecule has 0 unspecified atom stereocenters. The van der Waals surface area contributed by atoms with Crippen molar-refractivity contribution in [2.24, 2.45) is 0 Å². The molecule has 2 rings (SSSR count). The fourth-order valence-electron chi connectivity index (χ4n) is 2.06. The molecule has 1 aromatic heterocycles. The lowest BCUT2D eigenvalue weighted by Crippen LogP contribution is -2.29. The Morgan fingerprint density at radius 1 is 1.39 bits per heavy atom. The Labute approximate surface area is 143 Å². The van der Waals surface area contributed by atoms with Crippen LogP contribution in [0.25, 0.3) is 6.08 Å². The van der Waals surface area contributed by atoms with E-state index in [4.69, 9.17) is 4.42 Å². The number of carbonyl (C=O) groups is 1. The molecular formula is C18H17BrFNO2. The number of aryl methyl sites for hydroxylation is 1. The highest BCUT2D eigenvalue weighted by molar-refractivity contribution is 9.10. The molecule has 23 heavy (non-hydrogen) atoms. The fraction of sp³-hybridized carbons (Fsp3) is 0.167. The van der Waals surface area contributed by atoms with Crippen molar-refractivity contribution < 1.29 is 13.6 Å². The maximum absolute atomic E-state index is 13.9. The Kier molecular flexibility index (Phi) is 5.93. The molecule has 0 fully saturated rings. The topological polar surface area (TPSA) is 33.5 Å². The Hall–Kier alpha value is -2.14. The first-order valence-electron chi connectivity index (χ1n) is 7.08. The standard InChI is InChI=1S/C18H17BrFNO2/c1-3-10-21(12-14-11-15(19)5-8-17(14)20)18(22)9-7-16-6-4-13(2)23-16/h3-9,11H,1,10,12H2,2H3/b9-7+. The van der Waals surface area contributed by atoms with Crippen LogP contribution in [0.3, 0.4) is 0 Å². The number of nitrogens with zero attached hydrogens (tertiary/aromatic N) is 1. The number of furan rings is 1. The largest absolute Gasteiger partial charge is 0.462 e. The second-order valence-corrected chi connectivity index (χ2v) is 5.94. The van der Waals surface area contributed by atoms with Crippen molar-refractivity contribution in [1.29, 1.82) is 0 Å². The van der Waals surface area contributed by atoms with E-state index in [1.807, 2.05) is 13.0 Å². The molecule has 2 aromatic rings. The van der Waals surface area contributed by atoms with Crippen molar-refractivity contribution in [1.82, 2.24) is 4.90 Å². The summed E-state index contributed by atoms with van der Waals surface area (Å²) in [4.78, 5) is 13.8. The highest BCUT2D eigenvalue weighted by Gasteiger charge is 2.13. The van der Waals surface area contributed by atoms with Crippen molar-refractivity contribution in [3.05, 3.63) is 76.4 Å². The number of hydrogen-bond donors (Lipinski definition) is 0. The van der Waals surface area contributed by atoms with E-state index in [0.29, 0.717) is 17.9 Å². The van der Waals surface area contributed by atoms with Crippen molar-refractivity contribution >= 4 is 27.9 Å². The quantitative estimate of drug-likeness (QED) is 0.539. The fourth-order valence-corrected chi connectivity index (χ4v) is 2.47. The van der Waals surface area contributed by atoms with Gasteiger partial charge in [-0.25, -0.2) is 4.39 Å². The van der Waals surface area contributed by atoms with Crippen molar-refractivity contribution in [2.75, 3.05) is 6.54 Å². The van der Waals surface area contributed by atoms with Crippen LogP contribution in [0.1, 0.15) is 17.1 Å². The highest BCUT2D eigenvalue weighted by Crippen LogP contribution is 2.18. The van der Waals surface area contributed by atoms with Crippen LogP contribution in [-0.4, -0.2) is 17.4 Å². The molecule has 120 valence electrons. The van der Waals surface area contributed by atoms with E-state index in [9.17, 15) is 9.18 Å². The van der Waals surface area contributed by atoms with Crippen molar-refractivity contribution in [3.63, 3.8) is 0 Å². The molecule has 0 aliphatic heterocycles. The smallest absolute Gasteiger partial charge is 0.247 e. The Balaban J connectivity index is 2.13. The van der Waals surface area contributed by atoms with Crippen LogP contribution in [0.2, 0.25) is 0 Å². The number of carbonyl (C=O) groups excluding carboxylic acids is 1. The first-order valence-corrected chi connectivity index (χ1v) is 7.87. The van der Waals surface area contributed by atoms with Gasteiger partial charge in [0.05, 0.1) is 0 Å². The molecule has 1 heterocycles. The molecule has 0 atom stereocenters. The van der Waals surface area contributed by atoms with Gasteiger partial charge in [0, 0.05) is 29.2 Å². The summed E-state index contributed by atoms with van der Waals surface area (Å²) in [5.41, 5.74) is 0.441. The first-order chi connectivity index (χ1) is 11.0. The predicted octanol–water partition coefficient (Wildman–Crippen LogP) is 4.72. The van der Waals surface area contributed by atoms with Gasteiger partial charge >= 0.3 is 0 Å². The van der Waals surface area contributed by atoms with Crippen molar-refractivity contribution in [2.45, 2.75) is 13.5 Å². The molecule has 0 saturated heterocycles. The Morgan fingerprint density at radius 3 is 2.83 bits per heavy atom. The number of halogens is 2. The molecule has 0 radical (unpaired) electrons. The maximum atomic E-state index is 13.9. The average molecular weight is 378 g/mol. The molecule has 1 aromatic carbocycles. The summed E-state index contributed by atoms with van der Waals surface area (Å²) in [6.45, 7) is 5.97. The predicted molar refractivity (Wildman–Crippen MR) is 92.2 cm³/mol. The van der Waals surface area contributed by atoms with E-state index in [1.54, 1.807) is 30.4 Å². The zero-order valence-corrected chi connectivity index (χ0v) is 14.3. The van der Waals surface area contributed by atoms with Gasteiger partial charge in [0.1, 0.15) is 17.3 Å². The summed E-state index contributed by atoms with van der Waals surface area (Å²) in [7, 11) is 0.